The molecule has 0 nitrogen and oxygen atoms in total. The van der Waals surface area contributed by atoms with Crippen molar-refractivity contribution in [3.8, 4) is 0 Å². The van der Waals surface area contributed by atoms with Crippen molar-refractivity contribution in [3.05, 3.63) is 34.9 Å². The van der Waals surface area contributed by atoms with Crippen molar-refractivity contribution in [1.29, 1.82) is 0 Å². The number of hydrogen-bond acceptors (Lipinski definition) is 1. The first-order valence-electron chi connectivity index (χ1n) is 4.32. The minimum absolute atomic E-state index is 1.13. The molecule has 0 radical (unpaired) electrons. The highest BCUT2D eigenvalue weighted by molar-refractivity contribution is 7.79. The second-order valence-corrected chi connectivity index (χ2v) is 3.31. The minimum Gasteiger partial charge on any atom is -0.0881 e. The van der Waals surface area contributed by atoms with E-state index in [4.69, 9.17) is 12.2 Å². The molecule has 0 bridgehead atoms. The summed E-state index contributed by atoms with van der Waals surface area (Å²) in [7, 11) is 0. The monoisotopic (exact) mass is 178 g/mol. The summed E-state index contributed by atoms with van der Waals surface area (Å²) in [4.78, 5) is 0. The molecule has 0 spiro atoms. The molecule has 0 amide bonds. The highest BCUT2D eigenvalue weighted by Gasteiger charge is 1.98. The Morgan fingerprint density at radius 2 is 2.17 bits per heavy atom. The zero-order chi connectivity index (χ0) is 8.97. The molecule has 1 heteroatoms. The van der Waals surface area contributed by atoms with Crippen LogP contribution in [-0.4, -0.2) is 5.37 Å². The van der Waals surface area contributed by atoms with Gasteiger partial charge >= 0.3 is 0 Å². The van der Waals surface area contributed by atoms with Gasteiger partial charge in [0, 0.05) is 5.37 Å². The first-order valence-corrected chi connectivity index (χ1v) is 4.79. The molecule has 0 aliphatic rings. The molecule has 12 heavy (non-hydrogen) atoms. The van der Waals surface area contributed by atoms with E-state index < -0.39 is 0 Å². The van der Waals surface area contributed by atoms with E-state index in [1.807, 2.05) is 0 Å². The number of benzene rings is 1. The zero-order valence-electron chi connectivity index (χ0n) is 7.63. The quantitative estimate of drug-likeness (QED) is 0.640. The second-order valence-electron chi connectivity index (χ2n) is 3.07. The molecule has 1 aromatic carbocycles. The maximum atomic E-state index is 4.94. The summed E-state index contributed by atoms with van der Waals surface area (Å²) in [6.07, 6.45) is 2.31. The fourth-order valence-electron chi connectivity index (χ4n) is 1.34. The minimum atomic E-state index is 1.13. The average Bonchev–Trinajstić information content (AvgIpc) is 2.05. The molecule has 0 N–H and O–H groups in total. The van der Waals surface area contributed by atoms with Crippen molar-refractivity contribution in [2.75, 3.05) is 0 Å². The fourth-order valence-corrected chi connectivity index (χ4v) is 1.57. The van der Waals surface area contributed by atoms with Crippen LogP contribution < -0.4 is 0 Å². The zero-order valence-corrected chi connectivity index (χ0v) is 8.45. The molecule has 0 saturated heterocycles. The van der Waals surface area contributed by atoms with Gasteiger partial charge in [0.2, 0.25) is 0 Å². The van der Waals surface area contributed by atoms with Crippen LogP contribution in [0.3, 0.4) is 0 Å². The van der Waals surface area contributed by atoms with Gasteiger partial charge < -0.3 is 0 Å². The van der Waals surface area contributed by atoms with Gasteiger partial charge in [-0.1, -0.05) is 49.3 Å². The molecule has 0 heterocycles. The predicted molar refractivity (Wildman–Crippen MR) is 57.9 cm³/mol. The van der Waals surface area contributed by atoms with Crippen molar-refractivity contribution in [3.63, 3.8) is 0 Å². The molecular formula is C11H14S. The van der Waals surface area contributed by atoms with Crippen LogP contribution in [0.2, 0.25) is 0 Å². The smallest absolute Gasteiger partial charge is 0.00888 e. The van der Waals surface area contributed by atoms with E-state index in [1.54, 1.807) is 5.37 Å². The van der Waals surface area contributed by atoms with Crippen LogP contribution in [0.15, 0.2) is 18.2 Å². The summed E-state index contributed by atoms with van der Waals surface area (Å²) in [6, 6.07) is 6.44. The van der Waals surface area contributed by atoms with Gasteiger partial charge in [-0.25, -0.2) is 0 Å². The number of hydrogen-bond donors (Lipinski definition) is 0. The van der Waals surface area contributed by atoms with Crippen LogP contribution in [-0.2, 0) is 6.42 Å². The number of rotatable bonds is 3. The molecule has 0 aliphatic heterocycles. The van der Waals surface area contributed by atoms with E-state index in [0.29, 0.717) is 0 Å². The van der Waals surface area contributed by atoms with E-state index >= 15 is 0 Å². The van der Waals surface area contributed by atoms with Gasteiger partial charge in [0.25, 0.3) is 0 Å². The van der Waals surface area contributed by atoms with Gasteiger partial charge in [-0.3, -0.25) is 0 Å². The Morgan fingerprint density at radius 1 is 1.42 bits per heavy atom. The summed E-state index contributed by atoms with van der Waals surface area (Å²) in [6.45, 7) is 4.31. The molecule has 1 rings (SSSR count). The van der Waals surface area contributed by atoms with Crippen molar-refractivity contribution in [2.24, 2.45) is 0 Å². The van der Waals surface area contributed by atoms with Gasteiger partial charge in [-0.2, -0.15) is 0 Å². The third-order valence-electron chi connectivity index (χ3n) is 1.94. The average molecular weight is 178 g/mol. The Balaban J connectivity index is 3.03. The molecule has 0 aromatic heterocycles. The summed E-state index contributed by atoms with van der Waals surface area (Å²) in [5.41, 5.74) is 3.91. The van der Waals surface area contributed by atoms with Gasteiger partial charge in [0.15, 0.2) is 0 Å². The third-order valence-corrected chi connectivity index (χ3v) is 2.20. The molecule has 0 atom stereocenters. The predicted octanol–water partition coefficient (Wildman–Crippen LogP) is 3.30. The van der Waals surface area contributed by atoms with Crippen LogP contribution in [0.5, 0.6) is 0 Å². The Hall–Kier alpha value is -0.690. The largest absolute Gasteiger partial charge is 0.0881 e. The van der Waals surface area contributed by atoms with Gasteiger partial charge in [-0.05, 0) is 24.5 Å². The lowest BCUT2D eigenvalue weighted by atomic mass is 10.0. The number of aryl methyl sites for hydroxylation is 2. The highest BCUT2D eigenvalue weighted by atomic mass is 32.1. The molecule has 0 saturated carbocycles. The Kier molecular flexibility index (Phi) is 3.42. The van der Waals surface area contributed by atoms with Crippen LogP contribution in [0, 0.1) is 6.92 Å². The molecule has 64 valence electrons. The highest BCUT2D eigenvalue weighted by Crippen LogP contribution is 2.11. The van der Waals surface area contributed by atoms with Crippen molar-refractivity contribution >= 4 is 17.6 Å². The van der Waals surface area contributed by atoms with Crippen molar-refractivity contribution < 1.29 is 0 Å². The van der Waals surface area contributed by atoms with Crippen LogP contribution in [0.1, 0.15) is 30.0 Å². The molecule has 0 aliphatic carbocycles. The summed E-state index contributed by atoms with van der Waals surface area (Å²) in [5, 5.41) is 1.77. The maximum Gasteiger partial charge on any atom is 0.00888 e. The Bertz CT molecular complexity index is 276. The van der Waals surface area contributed by atoms with Crippen molar-refractivity contribution in [1.82, 2.24) is 0 Å². The lowest BCUT2D eigenvalue weighted by Crippen LogP contribution is -1.92. The maximum absolute atomic E-state index is 4.94. The summed E-state index contributed by atoms with van der Waals surface area (Å²) >= 11 is 4.94. The SMILES string of the molecule is CCCc1cc(C)ccc1C=S. The lowest BCUT2D eigenvalue weighted by Gasteiger charge is -2.04. The first-order chi connectivity index (χ1) is 5.77. The van der Waals surface area contributed by atoms with E-state index in [9.17, 15) is 0 Å². The fraction of sp³-hybridized carbons (Fsp3) is 0.364. The third kappa shape index (κ3) is 2.15. The summed E-state index contributed by atoms with van der Waals surface area (Å²) in [5.74, 6) is 0. The van der Waals surface area contributed by atoms with E-state index in [1.165, 1.54) is 23.1 Å². The summed E-state index contributed by atoms with van der Waals surface area (Å²) < 4.78 is 0. The van der Waals surface area contributed by atoms with E-state index in [2.05, 4.69) is 32.0 Å². The molecule has 0 fully saturated rings. The van der Waals surface area contributed by atoms with E-state index in [-0.39, 0.29) is 0 Å². The van der Waals surface area contributed by atoms with Gasteiger partial charge in [-0.15, -0.1) is 0 Å². The Labute approximate surface area is 79.6 Å². The van der Waals surface area contributed by atoms with Gasteiger partial charge in [0.1, 0.15) is 0 Å². The normalized spacial score (nSPS) is 9.83. The first kappa shape index (κ1) is 9.40. The topological polar surface area (TPSA) is 0 Å². The molecule has 0 unspecified atom stereocenters. The van der Waals surface area contributed by atoms with E-state index in [0.717, 1.165) is 6.42 Å². The number of thiocarbonyl (C=S) groups is 1. The Morgan fingerprint density at radius 3 is 2.75 bits per heavy atom. The standard InChI is InChI=1S/C11H14S/c1-3-4-10-7-9(2)5-6-11(10)8-12/h5-8H,3-4H2,1-2H3. The molecule has 1 aromatic rings. The second kappa shape index (κ2) is 4.36. The molecular weight excluding hydrogens is 164 g/mol. The van der Waals surface area contributed by atoms with Crippen molar-refractivity contribution in [2.45, 2.75) is 26.7 Å². The van der Waals surface area contributed by atoms with Crippen LogP contribution in [0.25, 0.3) is 0 Å². The lowest BCUT2D eigenvalue weighted by molar-refractivity contribution is 0.919. The van der Waals surface area contributed by atoms with Crippen LogP contribution in [0.4, 0.5) is 0 Å². The van der Waals surface area contributed by atoms with Gasteiger partial charge in [0.05, 0.1) is 0 Å². The van der Waals surface area contributed by atoms with Crippen LogP contribution >= 0.6 is 12.2 Å².